The SMILES string of the molecule is Cc1ccc(NC(=O)C(C#N)c2ccccc2)nc1. The Hall–Kier alpha value is -2.67. The zero-order chi connectivity index (χ0) is 13.7. The van der Waals surface area contributed by atoms with Crippen LogP contribution in [0.3, 0.4) is 0 Å². The number of hydrogen-bond acceptors (Lipinski definition) is 3. The Morgan fingerprint density at radius 2 is 2.00 bits per heavy atom. The van der Waals surface area contributed by atoms with E-state index in [9.17, 15) is 4.79 Å². The van der Waals surface area contributed by atoms with Gasteiger partial charge in [-0.2, -0.15) is 5.26 Å². The van der Waals surface area contributed by atoms with Crippen LogP contribution in [0.25, 0.3) is 0 Å². The zero-order valence-corrected chi connectivity index (χ0v) is 10.5. The molecule has 1 atom stereocenters. The highest BCUT2D eigenvalue weighted by Crippen LogP contribution is 2.16. The van der Waals surface area contributed by atoms with Gasteiger partial charge in [-0.25, -0.2) is 4.98 Å². The maximum atomic E-state index is 12.1. The Bertz CT molecular complexity index is 600. The molecule has 4 nitrogen and oxygen atoms in total. The van der Waals surface area contributed by atoms with Crippen molar-refractivity contribution in [1.82, 2.24) is 4.98 Å². The van der Waals surface area contributed by atoms with Gasteiger partial charge in [-0.1, -0.05) is 36.4 Å². The number of nitrogens with zero attached hydrogens (tertiary/aromatic N) is 2. The molecule has 19 heavy (non-hydrogen) atoms. The first kappa shape index (κ1) is 12.8. The summed E-state index contributed by atoms with van der Waals surface area (Å²) in [6.07, 6.45) is 1.67. The maximum absolute atomic E-state index is 12.1. The molecule has 0 fully saturated rings. The van der Waals surface area contributed by atoms with E-state index in [-0.39, 0.29) is 5.91 Å². The number of nitriles is 1. The number of rotatable bonds is 3. The normalized spacial score (nSPS) is 11.4. The van der Waals surface area contributed by atoms with Gasteiger partial charge >= 0.3 is 0 Å². The third-order valence-electron chi connectivity index (χ3n) is 2.69. The molecule has 2 aromatic rings. The van der Waals surface area contributed by atoms with Gasteiger partial charge in [0, 0.05) is 6.20 Å². The summed E-state index contributed by atoms with van der Waals surface area (Å²) < 4.78 is 0. The summed E-state index contributed by atoms with van der Waals surface area (Å²) in [5, 5.41) is 11.8. The number of amides is 1. The van der Waals surface area contributed by atoms with Crippen LogP contribution in [-0.4, -0.2) is 10.9 Å². The minimum absolute atomic E-state index is 0.370. The molecular weight excluding hydrogens is 238 g/mol. The fourth-order valence-corrected chi connectivity index (χ4v) is 1.67. The fourth-order valence-electron chi connectivity index (χ4n) is 1.67. The molecule has 1 unspecified atom stereocenters. The first-order valence-electron chi connectivity index (χ1n) is 5.89. The Labute approximate surface area is 111 Å². The van der Waals surface area contributed by atoms with Crippen molar-refractivity contribution in [2.75, 3.05) is 5.32 Å². The highest BCUT2D eigenvalue weighted by molar-refractivity contribution is 5.97. The minimum atomic E-state index is -0.829. The third-order valence-corrected chi connectivity index (χ3v) is 2.69. The highest BCUT2D eigenvalue weighted by Gasteiger charge is 2.20. The van der Waals surface area contributed by atoms with Crippen LogP contribution in [0.15, 0.2) is 48.7 Å². The maximum Gasteiger partial charge on any atom is 0.247 e. The first-order chi connectivity index (χ1) is 9.20. The van der Waals surface area contributed by atoms with Crippen LogP contribution in [0, 0.1) is 18.3 Å². The second kappa shape index (κ2) is 5.78. The van der Waals surface area contributed by atoms with E-state index >= 15 is 0 Å². The number of aryl methyl sites for hydroxylation is 1. The van der Waals surface area contributed by atoms with E-state index in [2.05, 4.69) is 10.3 Å². The quantitative estimate of drug-likeness (QED) is 0.911. The van der Waals surface area contributed by atoms with E-state index in [1.54, 1.807) is 36.5 Å². The topological polar surface area (TPSA) is 65.8 Å². The van der Waals surface area contributed by atoms with Crippen LogP contribution >= 0.6 is 0 Å². The molecule has 94 valence electrons. The molecule has 1 N–H and O–H groups in total. The number of benzene rings is 1. The number of carbonyl (C=O) groups is 1. The molecule has 0 spiro atoms. The number of anilines is 1. The van der Waals surface area contributed by atoms with Gasteiger partial charge in [0.1, 0.15) is 5.82 Å². The van der Waals surface area contributed by atoms with Crippen molar-refractivity contribution >= 4 is 11.7 Å². The van der Waals surface area contributed by atoms with Crippen LogP contribution in [0.5, 0.6) is 0 Å². The van der Waals surface area contributed by atoms with E-state index in [0.717, 1.165) is 5.56 Å². The fraction of sp³-hybridized carbons (Fsp3) is 0.133. The summed E-state index contributed by atoms with van der Waals surface area (Å²) in [5.41, 5.74) is 1.69. The van der Waals surface area contributed by atoms with Gasteiger partial charge in [0.2, 0.25) is 5.91 Å². The predicted molar refractivity (Wildman–Crippen MR) is 72.4 cm³/mol. The number of aromatic nitrogens is 1. The number of pyridine rings is 1. The van der Waals surface area contributed by atoms with Crippen LogP contribution in [0.1, 0.15) is 17.0 Å². The van der Waals surface area contributed by atoms with Gasteiger partial charge in [0.25, 0.3) is 0 Å². The molecular formula is C15H13N3O. The lowest BCUT2D eigenvalue weighted by Crippen LogP contribution is -2.20. The van der Waals surface area contributed by atoms with E-state index in [1.807, 2.05) is 25.1 Å². The molecule has 1 heterocycles. The molecule has 0 saturated carbocycles. The van der Waals surface area contributed by atoms with E-state index in [1.165, 1.54) is 0 Å². The molecule has 1 aromatic carbocycles. The lowest BCUT2D eigenvalue weighted by atomic mass is 10.00. The summed E-state index contributed by atoms with van der Waals surface area (Å²) in [4.78, 5) is 16.1. The van der Waals surface area contributed by atoms with Gasteiger partial charge in [0.05, 0.1) is 6.07 Å². The summed E-state index contributed by atoms with van der Waals surface area (Å²) in [7, 11) is 0. The summed E-state index contributed by atoms with van der Waals surface area (Å²) >= 11 is 0. The summed E-state index contributed by atoms with van der Waals surface area (Å²) in [5.74, 6) is -0.749. The van der Waals surface area contributed by atoms with Crippen molar-refractivity contribution in [3.63, 3.8) is 0 Å². The second-order valence-corrected chi connectivity index (χ2v) is 4.18. The zero-order valence-electron chi connectivity index (χ0n) is 10.5. The first-order valence-corrected chi connectivity index (χ1v) is 5.89. The molecule has 0 radical (unpaired) electrons. The molecule has 1 aromatic heterocycles. The summed E-state index contributed by atoms with van der Waals surface area (Å²) in [6.45, 7) is 1.92. The van der Waals surface area contributed by atoms with E-state index in [4.69, 9.17) is 5.26 Å². The van der Waals surface area contributed by atoms with Crippen LogP contribution in [0.4, 0.5) is 5.82 Å². The lowest BCUT2D eigenvalue weighted by Gasteiger charge is -2.09. The molecule has 1 amide bonds. The Morgan fingerprint density at radius 1 is 1.26 bits per heavy atom. The van der Waals surface area contributed by atoms with E-state index in [0.29, 0.717) is 11.4 Å². The number of carbonyl (C=O) groups excluding carboxylic acids is 1. The average Bonchev–Trinajstić information content (AvgIpc) is 2.43. The molecule has 0 aliphatic carbocycles. The van der Waals surface area contributed by atoms with Gasteiger partial charge in [-0.15, -0.1) is 0 Å². The molecule has 2 rings (SSSR count). The van der Waals surface area contributed by atoms with Crippen LogP contribution < -0.4 is 5.32 Å². The monoisotopic (exact) mass is 251 g/mol. The lowest BCUT2D eigenvalue weighted by molar-refractivity contribution is -0.116. The Kier molecular flexibility index (Phi) is 3.89. The van der Waals surface area contributed by atoms with Crippen molar-refractivity contribution in [2.24, 2.45) is 0 Å². The molecule has 4 heteroatoms. The Balaban J connectivity index is 2.14. The van der Waals surface area contributed by atoms with Crippen LogP contribution in [0.2, 0.25) is 0 Å². The van der Waals surface area contributed by atoms with Crippen molar-refractivity contribution in [1.29, 1.82) is 5.26 Å². The largest absolute Gasteiger partial charge is 0.309 e. The molecule has 0 aliphatic heterocycles. The second-order valence-electron chi connectivity index (χ2n) is 4.18. The van der Waals surface area contributed by atoms with Gasteiger partial charge in [0.15, 0.2) is 5.92 Å². The predicted octanol–water partition coefficient (Wildman–Crippen LogP) is 2.64. The molecule has 0 saturated heterocycles. The smallest absolute Gasteiger partial charge is 0.247 e. The summed E-state index contributed by atoms with van der Waals surface area (Å²) in [6, 6.07) is 14.5. The minimum Gasteiger partial charge on any atom is -0.309 e. The van der Waals surface area contributed by atoms with Crippen molar-refractivity contribution < 1.29 is 4.79 Å². The molecule has 0 bridgehead atoms. The van der Waals surface area contributed by atoms with Crippen molar-refractivity contribution in [3.05, 3.63) is 59.8 Å². The standard InChI is InChI=1S/C15H13N3O/c1-11-7-8-14(17-10-11)18-15(19)13(9-16)12-5-3-2-4-6-12/h2-8,10,13H,1H3,(H,17,18,19). The number of nitrogens with one attached hydrogen (secondary N) is 1. The van der Waals surface area contributed by atoms with E-state index < -0.39 is 5.92 Å². The number of hydrogen-bond donors (Lipinski definition) is 1. The average molecular weight is 251 g/mol. The highest BCUT2D eigenvalue weighted by atomic mass is 16.1. The van der Waals surface area contributed by atoms with Crippen molar-refractivity contribution in [3.8, 4) is 6.07 Å². The van der Waals surface area contributed by atoms with Crippen molar-refractivity contribution in [2.45, 2.75) is 12.8 Å². The van der Waals surface area contributed by atoms with Gasteiger partial charge in [-0.3, -0.25) is 4.79 Å². The molecule has 0 aliphatic rings. The van der Waals surface area contributed by atoms with Crippen LogP contribution in [-0.2, 0) is 4.79 Å². The van der Waals surface area contributed by atoms with Gasteiger partial charge in [-0.05, 0) is 24.1 Å². The Morgan fingerprint density at radius 3 is 2.58 bits per heavy atom. The third kappa shape index (κ3) is 3.17. The van der Waals surface area contributed by atoms with Gasteiger partial charge < -0.3 is 5.32 Å².